The van der Waals surface area contributed by atoms with Crippen molar-refractivity contribution in [3.05, 3.63) is 23.8 Å². The van der Waals surface area contributed by atoms with Crippen LogP contribution in [-0.2, 0) is 4.74 Å². The SMILES string of the molecule is CC(C)C1CCC2(C)OC2C1c1c(O)cccc1O. The zero-order valence-corrected chi connectivity index (χ0v) is 11.8. The molecule has 19 heavy (non-hydrogen) atoms. The molecule has 1 saturated heterocycles. The van der Waals surface area contributed by atoms with Crippen molar-refractivity contribution >= 4 is 0 Å². The monoisotopic (exact) mass is 262 g/mol. The van der Waals surface area contributed by atoms with Crippen LogP contribution in [0.25, 0.3) is 0 Å². The number of rotatable bonds is 2. The molecule has 1 aromatic carbocycles. The van der Waals surface area contributed by atoms with Crippen LogP contribution in [0.3, 0.4) is 0 Å². The largest absolute Gasteiger partial charge is 0.508 e. The highest BCUT2D eigenvalue weighted by atomic mass is 16.6. The zero-order valence-electron chi connectivity index (χ0n) is 11.8. The Balaban J connectivity index is 2.04. The molecule has 0 amide bonds. The topological polar surface area (TPSA) is 53.0 Å². The molecule has 1 heterocycles. The lowest BCUT2D eigenvalue weighted by Crippen LogP contribution is -2.32. The summed E-state index contributed by atoms with van der Waals surface area (Å²) in [7, 11) is 0. The Morgan fingerprint density at radius 3 is 2.47 bits per heavy atom. The molecule has 4 unspecified atom stereocenters. The molecule has 0 spiro atoms. The number of phenols is 2. The zero-order chi connectivity index (χ0) is 13.8. The molecule has 0 bridgehead atoms. The van der Waals surface area contributed by atoms with Gasteiger partial charge in [-0.15, -0.1) is 0 Å². The normalized spacial score (nSPS) is 37.2. The Morgan fingerprint density at radius 1 is 1.26 bits per heavy atom. The van der Waals surface area contributed by atoms with Gasteiger partial charge in [-0.2, -0.15) is 0 Å². The number of phenolic OH excluding ortho intramolecular Hbond substituents is 2. The molecule has 3 heteroatoms. The highest BCUT2D eigenvalue weighted by Crippen LogP contribution is 2.59. The Kier molecular flexibility index (Phi) is 2.79. The molecule has 3 nitrogen and oxygen atoms in total. The summed E-state index contributed by atoms with van der Waals surface area (Å²) < 4.78 is 5.90. The van der Waals surface area contributed by atoms with Crippen LogP contribution in [0.1, 0.15) is 45.1 Å². The maximum atomic E-state index is 10.1. The smallest absolute Gasteiger partial charge is 0.122 e. The van der Waals surface area contributed by atoms with Crippen LogP contribution in [-0.4, -0.2) is 21.9 Å². The van der Waals surface area contributed by atoms with Crippen molar-refractivity contribution in [3.8, 4) is 11.5 Å². The lowest BCUT2D eigenvalue weighted by molar-refractivity contribution is 0.234. The Bertz CT molecular complexity index is 477. The van der Waals surface area contributed by atoms with Crippen LogP contribution in [0.5, 0.6) is 11.5 Å². The molecular weight excluding hydrogens is 240 g/mol. The van der Waals surface area contributed by atoms with E-state index in [0.717, 1.165) is 12.8 Å². The minimum Gasteiger partial charge on any atom is -0.508 e. The van der Waals surface area contributed by atoms with Crippen molar-refractivity contribution < 1.29 is 14.9 Å². The molecule has 104 valence electrons. The highest BCUT2D eigenvalue weighted by molar-refractivity contribution is 5.48. The summed E-state index contributed by atoms with van der Waals surface area (Å²) in [5.74, 6) is 1.43. The van der Waals surface area contributed by atoms with Crippen molar-refractivity contribution in [2.75, 3.05) is 0 Å². The molecule has 3 rings (SSSR count). The second kappa shape index (κ2) is 4.14. The van der Waals surface area contributed by atoms with Crippen LogP contribution in [0.4, 0.5) is 0 Å². The fourth-order valence-corrected chi connectivity index (χ4v) is 3.76. The van der Waals surface area contributed by atoms with Gasteiger partial charge in [0.05, 0.1) is 11.7 Å². The fourth-order valence-electron chi connectivity index (χ4n) is 3.76. The van der Waals surface area contributed by atoms with E-state index in [9.17, 15) is 10.2 Å². The van der Waals surface area contributed by atoms with E-state index < -0.39 is 0 Å². The van der Waals surface area contributed by atoms with Gasteiger partial charge in [0.2, 0.25) is 0 Å². The van der Waals surface area contributed by atoms with Crippen LogP contribution in [0.2, 0.25) is 0 Å². The number of aromatic hydroxyl groups is 2. The predicted molar refractivity (Wildman–Crippen MR) is 73.4 cm³/mol. The molecule has 2 N–H and O–H groups in total. The first-order valence-electron chi connectivity index (χ1n) is 7.12. The second-order valence-corrected chi connectivity index (χ2v) is 6.53. The van der Waals surface area contributed by atoms with Crippen molar-refractivity contribution in [2.45, 2.75) is 51.2 Å². The maximum Gasteiger partial charge on any atom is 0.122 e. The van der Waals surface area contributed by atoms with E-state index in [-0.39, 0.29) is 29.1 Å². The third-order valence-electron chi connectivity index (χ3n) is 4.95. The lowest BCUT2D eigenvalue weighted by Gasteiger charge is -2.35. The molecule has 1 aromatic rings. The average Bonchev–Trinajstić information content (AvgIpc) is 3.00. The van der Waals surface area contributed by atoms with E-state index in [1.807, 2.05) is 0 Å². The molecule has 0 aromatic heterocycles. The third-order valence-corrected chi connectivity index (χ3v) is 4.95. The van der Waals surface area contributed by atoms with Gasteiger partial charge in [-0.05, 0) is 43.7 Å². The molecule has 0 radical (unpaired) electrons. The average molecular weight is 262 g/mol. The number of benzene rings is 1. The predicted octanol–water partition coefficient (Wildman–Crippen LogP) is 3.40. The fraction of sp³-hybridized carbons (Fsp3) is 0.625. The van der Waals surface area contributed by atoms with Gasteiger partial charge in [0.15, 0.2) is 0 Å². The first-order valence-corrected chi connectivity index (χ1v) is 7.12. The van der Waals surface area contributed by atoms with Crippen LogP contribution in [0.15, 0.2) is 18.2 Å². The molecule has 1 saturated carbocycles. The van der Waals surface area contributed by atoms with E-state index in [0.29, 0.717) is 17.4 Å². The van der Waals surface area contributed by atoms with E-state index in [1.165, 1.54) is 0 Å². The number of fused-ring (bicyclic) bond motifs is 1. The summed E-state index contributed by atoms with van der Waals surface area (Å²) in [6.45, 7) is 6.55. The van der Waals surface area contributed by atoms with Gasteiger partial charge in [0.25, 0.3) is 0 Å². The number of hydrogen-bond acceptors (Lipinski definition) is 3. The summed E-state index contributed by atoms with van der Waals surface area (Å²) in [5.41, 5.74) is 0.625. The minimum absolute atomic E-state index is 0.0508. The molecule has 2 aliphatic rings. The Morgan fingerprint density at radius 2 is 1.89 bits per heavy atom. The summed E-state index contributed by atoms with van der Waals surface area (Å²) in [6, 6.07) is 4.98. The van der Waals surface area contributed by atoms with Crippen molar-refractivity contribution in [3.63, 3.8) is 0 Å². The lowest BCUT2D eigenvalue weighted by atomic mass is 9.67. The molecule has 1 aliphatic heterocycles. The van der Waals surface area contributed by atoms with E-state index >= 15 is 0 Å². The third kappa shape index (κ3) is 1.91. The van der Waals surface area contributed by atoms with E-state index in [4.69, 9.17) is 4.74 Å². The van der Waals surface area contributed by atoms with E-state index in [1.54, 1.807) is 18.2 Å². The number of hydrogen-bond donors (Lipinski definition) is 2. The quantitative estimate of drug-likeness (QED) is 0.803. The van der Waals surface area contributed by atoms with Gasteiger partial charge in [0, 0.05) is 11.5 Å². The van der Waals surface area contributed by atoms with Gasteiger partial charge >= 0.3 is 0 Å². The first kappa shape index (κ1) is 12.8. The highest BCUT2D eigenvalue weighted by Gasteiger charge is 2.61. The van der Waals surface area contributed by atoms with E-state index in [2.05, 4.69) is 20.8 Å². The van der Waals surface area contributed by atoms with Crippen molar-refractivity contribution in [1.82, 2.24) is 0 Å². The molecule has 2 fully saturated rings. The standard InChI is InChI=1S/C16H22O3/c1-9(2)10-7-8-16(3)15(19-16)13(10)14-11(17)5-4-6-12(14)18/h4-6,9-10,13,15,17-18H,7-8H2,1-3H3. The Labute approximate surface area is 114 Å². The van der Waals surface area contributed by atoms with Crippen LogP contribution in [0, 0.1) is 11.8 Å². The second-order valence-electron chi connectivity index (χ2n) is 6.53. The summed E-state index contributed by atoms with van der Waals surface area (Å²) in [5, 5.41) is 20.3. The number of epoxide rings is 1. The number of ether oxygens (including phenoxy) is 1. The van der Waals surface area contributed by atoms with Gasteiger partial charge < -0.3 is 14.9 Å². The van der Waals surface area contributed by atoms with Gasteiger partial charge in [-0.1, -0.05) is 19.9 Å². The van der Waals surface area contributed by atoms with Gasteiger partial charge in [-0.3, -0.25) is 0 Å². The van der Waals surface area contributed by atoms with Crippen LogP contribution >= 0.6 is 0 Å². The summed E-state index contributed by atoms with van der Waals surface area (Å²) >= 11 is 0. The van der Waals surface area contributed by atoms with Crippen molar-refractivity contribution in [2.24, 2.45) is 11.8 Å². The molecule has 4 atom stereocenters. The van der Waals surface area contributed by atoms with Crippen molar-refractivity contribution in [1.29, 1.82) is 0 Å². The van der Waals surface area contributed by atoms with Gasteiger partial charge in [-0.25, -0.2) is 0 Å². The van der Waals surface area contributed by atoms with Crippen LogP contribution < -0.4 is 0 Å². The summed E-state index contributed by atoms with van der Waals surface area (Å²) in [4.78, 5) is 0. The Hall–Kier alpha value is -1.22. The first-order chi connectivity index (χ1) is 8.94. The minimum atomic E-state index is -0.0508. The maximum absolute atomic E-state index is 10.1. The molecule has 1 aliphatic carbocycles. The molecular formula is C16H22O3. The van der Waals surface area contributed by atoms with Gasteiger partial charge in [0.1, 0.15) is 11.5 Å². The summed E-state index contributed by atoms with van der Waals surface area (Å²) in [6.07, 6.45) is 2.29.